The van der Waals surface area contributed by atoms with Crippen LogP contribution in [0.3, 0.4) is 0 Å². The molecule has 2 aromatic rings. The average Bonchev–Trinajstić information content (AvgIpc) is 2.40. The van der Waals surface area contributed by atoms with Crippen molar-refractivity contribution in [2.75, 3.05) is 14.2 Å². The molecule has 18 heavy (non-hydrogen) atoms. The van der Waals surface area contributed by atoms with Gasteiger partial charge in [0.1, 0.15) is 5.75 Å². The van der Waals surface area contributed by atoms with Crippen molar-refractivity contribution in [2.24, 2.45) is 0 Å². The van der Waals surface area contributed by atoms with E-state index < -0.39 is 0 Å². The quantitative estimate of drug-likeness (QED) is 0.796. The van der Waals surface area contributed by atoms with Crippen molar-refractivity contribution in [3.05, 3.63) is 65.7 Å². The summed E-state index contributed by atoms with van der Waals surface area (Å²) in [6.07, 6.45) is 0. The Morgan fingerprint density at radius 2 is 1.39 bits per heavy atom. The van der Waals surface area contributed by atoms with Crippen LogP contribution in [0.1, 0.15) is 11.1 Å². The summed E-state index contributed by atoms with van der Waals surface area (Å²) in [4.78, 5) is 2.30. The van der Waals surface area contributed by atoms with Crippen LogP contribution in [0.15, 0.2) is 54.6 Å². The standard InChI is InChI=1S/C16H19NO/c1-17(12-14-6-4-3-5-7-14)13-15-8-10-16(18-2)11-9-15/h3-11H,12-13H2,1-2H3. The predicted molar refractivity (Wildman–Crippen MR) is 74.6 cm³/mol. The Bertz CT molecular complexity index is 464. The summed E-state index contributed by atoms with van der Waals surface area (Å²) in [7, 11) is 3.83. The van der Waals surface area contributed by atoms with Crippen LogP contribution in [0.5, 0.6) is 5.75 Å². The molecule has 0 atom stereocenters. The zero-order valence-electron chi connectivity index (χ0n) is 11.0. The van der Waals surface area contributed by atoms with Gasteiger partial charge in [0.2, 0.25) is 0 Å². The van der Waals surface area contributed by atoms with Crippen molar-refractivity contribution < 1.29 is 4.74 Å². The summed E-state index contributed by atoms with van der Waals surface area (Å²) in [5, 5.41) is 0. The number of hydrogen-bond acceptors (Lipinski definition) is 2. The van der Waals surface area contributed by atoms with Crippen LogP contribution in [0.4, 0.5) is 0 Å². The maximum Gasteiger partial charge on any atom is 0.118 e. The van der Waals surface area contributed by atoms with Gasteiger partial charge in [0, 0.05) is 13.1 Å². The van der Waals surface area contributed by atoms with E-state index >= 15 is 0 Å². The van der Waals surface area contributed by atoms with E-state index in [9.17, 15) is 0 Å². The first-order chi connectivity index (χ1) is 8.78. The number of ether oxygens (including phenoxy) is 1. The lowest BCUT2D eigenvalue weighted by Gasteiger charge is -2.17. The third kappa shape index (κ3) is 3.60. The molecule has 0 spiro atoms. The van der Waals surface area contributed by atoms with E-state index in [1.165, 1.54) is 11.1 Å². The molecule has 0 unspecified atom stereocenters. The molecule has 2 rings (SSSR count). The first-order valence-electron chi connectivity index (χ1n) is 6.13. The van der Waals surface area contributed by atoms with Gasteiger partial charge in [0.05, 0.1) is 7.11 Å². The highest BCUT2D eigenvalue weighted by atomic mass is 16.5. The van der Waals surface area contributed by atoms with Gasteiger partial charge in [-0.05, 0) is 30.3 Å². The molecule has 0 aromatic heterocycles. The molecule has 0 radical (unpaired) electrons. The lowest BCUT2D eigenvalue weighted by Crippen LogP contribution is -2.17. The Morgan fingerprint density at radius 3 is 1.94 bits per heavy atom. The highest BCUT2D eigenvalue weighted by molar-refractivity contribution is 5.27. The fourth-order valence-electron chi connectivity index (χ4n) is 1.99. The molecule has 94 valence electrons. The van der Waals surface area contributed by atoms with Crippen LogP contribution in [0, 0.1) is 0 Å². The zero-order valence-corrected chi connectivity index (χ0v) is 11.0. The molecule has 0 saturated carbocycles. The lowest BCUT2D eigenvalue weighted by atomic mass is 10.2. The molecule has 0 saturated heterocycles. The number of nitrogens with zero attached hydrogens (tertiary/aromatic N) is 1. The van der Waals surface area contributed by atoms with Gasteiger partial charge in [0.25, 0.3) is 0 Å². The van der Waals surface area contributed by atoms with Gasteiger partial charge in [-0.1, -0.05) is 42.5 Å². The molecule has 2 nitrogen and oxygen atoms in total. The molecule has 2 heteroatoms. The second-order valence-electron chi connectivity index (χ2n) is 4.51. The molecular weight excluding hydrogens is 222 g/mol. The molecular formula is C16H19NO. The maximum atomic E-state index is 5.16. The topological polar surface area (TPSA) is 12.5 Å². The summed E-state index contributed by atoms with van der Waals surface area (Å²) >= 11 is 0. The van der Waals surface area contributed by atoms with E-state index in [0.717, 1.165) is 18.8 Å². The van der Waals surface area contributed by atoms with E-state index in [4.69, 9.17) is 4.74 Å². The van der Waals surface area contributed by atoms with Gasteiger partial charge in [-0.15, -0.1) is 0 Å². The number of rotatable bonds is 5. The zero-order chi connectivity index (χ0) is 12.8. The summed E-state index contributed by atoms with van der Waals surface area (Å²) < 4.78 is 5.16. The number of hydrogen-bond donors (Lipinski definition) is 0. The van der Waals surface area contributed by atoms with E-state index in [2.05, 4.69) is 48.3 Å². The minimum absolute atomic E-state index is 0.907. The Labute approximate surface area is 109 Å². The molecule has 0 bridgehead atoms. The Kier molecular flexibility index (Phi) is 4.37. The first kappa shape index (κ1) is 12.7. The molecule has 0 amide bonds. The van der Waals surface area contributed by atoms with E-state index in [-0.39, 0.29) is 0 Å². The van der Waals surface area contributed by atoms with Crippen molar-refractivity contribution in [1.29, 1.82) is 0 Å². The number of methoxy groups -OCH3 is 1. The van der Waals surface area contributed by atoms with Crippen molar-refractivity contribution in [3.8, 4) is 5.75 Å². The SMILES string of the molecule is COc1ccc(CN(C)Cc2ccccc2)cc1. The maximum absolute atomic E-state index is 5.16. The van der Waals surface area contributed by atoms with Crippen molar-refractivity contribution in [2.45, 2.75) is 13.1 Å². The molecule has 0 aliphatic heterocycles. The minimum Gasteiger partial charge on any atom is -0.497 e. The van der Waals surface area contributed by atoms with Crippen molar-refractivity contribution >= 4 is 0 Å². The van der Waals surface area contributed by atoms with Gasteiger partial charge in [-0.3, -0.25) is 4.90 Å². The van der Waals surface area contributed by atoms with Crippen LogP contribution in [-0.4, -0.2) is 19.1 Å². The minimum atomic E-state index is 0.907. The Balaban J connectivity index is 1.92. The third-order valence-electron chi connectivity index (χ3n) is 2.91. The van der Waals surface area contributed by atoms with Crippen molar-refractivity contribution in [3.63, 3.8) is 0 Å². The van der Waals surface area contributed by atoms with Crippen LogP contribution >= 0.6 is 0 Å². The van der Waals surface area contributed by atoms with Gasteiger partial charge in [-0.25, -0.2) is 0 Å². The molecule has 0 fully saturated rings. The van der Waals surface area contributed by atoms with Gasteiger partial charge in [0.15, 0.2) is 0 Å². The summed E-state index contributed by atoms with van der Waals surface area (Å²) in [6, 6.07) is 18.8. The highest BCUT2D eigenvalue weighted by Crippen LogP contribution is 2.13. The average molecular weight is 241 g/mol. The van der Waals surface area contributed by atoms with Crippen LogP contribution < -0.4 is 4.74 Å². The van der Waals surface area contributed by atoms with Gasteiger partial charge in [-0.2, -0.15) is 0 Å². The van der Waals surface area contributed by atoms with Crippen LogP contribution in [0.25, 0.3) is 0 Å². The normalized spacial score (nSPS) is 10.6. The fourth-order valence-corrected chi connectivity index (χ4v) is 1.99. The Hall–Kier alpha value is -1.80. The summed E-state index contributed by atoms with van der Waals surface area (Å²) in [5.74, 6) is 0.907. The fraction of sp³-hybridized carbons (Fsp3) is 0.250. The predicted octanol–water partition coefficient (Wildman–Crippen LogP) is 3.33. The lowest BCUT2D eigenvalue weighted by molar-refractivity contribution is 0.319. The smallest absolute Gasteiger partial charge is 0.118 e. The molecule has 0 heterocycles. The van der Waals surface area contributed by atoms with Crippen LogP contribution in [-0.2, 0) is 13.1 Å². The largest absolute Gasteiger partial charge is 0.497 e. The summed E-state index contributed by atoms with van der Waals surface area (Å²) in [5.41, 5.74) is 2.64. The molecule has 0 aliphatic rings. The van der Waals surface area contributed by atoms with Crippen LogP contribution in [0.2, 0.25) is 0 Å². The third-order valence-corrected chi connectivity index (χ3v) is 2.91. The highest BCUT2D eigenvalue weighted by Gasteiger charge is 2.01. The van der Waals surface area contributed by atoms with E-state index in [1.54, 1.807) is 7.11 Å². The first-order valence-corrected chi connectivity index (χ1v) is 6.13. The molecule has 0 aliphatic carbocycles. The number of benzene rings is 2. The molecule has 2 aromatic carbocycles. The molecule has 0 N–H and O–H groups in total. The summed E-state index contributed by atoms with van der Waals surface area (Å²) in [6.45, 7) is 1.91. The van der Waals surface area contributed by atoms with E-state index in [0.29, 0.717) is 0 Å². The Morgan fingerprint density at radius 1 is 0.833 bits per heavy atom. The van der Waals surface area contributed by atoms with E-state index in [1.807, 2.05) is 18.2 Å². The van der Waals surface area contributed by atoms with Gasteiger partial charge < -0.3 is 4.74 Å². The second-order valence-corrected chi connectivity index (χ2v) is 4.51. The second kappa shape index (κ2) is 6.22. The van der Waals surface area contributed by atoms with Crippen molar-refractivity contribution in [1.82, 2.24) is 4.90 Å². The van der Waals surface area contributed by atoms with Gasteiger partial charge >= 0.3 is 0 Å². The monoisotopic (exact) mass is 241 g/mol.